The summed E-state index contributed by atoms with van der Waals surface area (Å²) in [6, 6.07) is 5.07. The first-order valence-corrected chi connectivity index (χ1v) is 8.42. The number of benzene rings is 1. The van der Waals surface area contributed by atoms with E-state index in [0.29, 0.717) is 18.7 Å². The zero-order chi connectivity index (χ0) is 18.0. The summed E-state index contributed by atoms with van der Waals surface area (Å²) in [5.74, 6) is -1.93. The Morgan fingerprint density at radius 2 is 2.04 bits per heavy atom. The molecule has 0 saturated carbocycles. The lowest BCUT2D eigenvalue weighted by molar-refractivity contribution is -0.129. The number of carbonyl (C=O) groups excluding carboxylic acids is 2. The van der Waals surface area contributed by atoms with Crippen LogP contribution < -0.4 is 5.32 Å². The van der Waals surface area contributed by atoms with Gasteiger partial charge in [-0.05, 0) is 24.6 Å². The average Bonchev–Trinajstić information content (AvgIpc) is 2.85. The van der Waals surface area contributed by atoms with Crippen LogP contribution in [0.3, 0.4) is 0 Å². The van der Waals surface area contributed by atoms with E-state index < -0.39 is 23.5 Å². The molecule has 1 aromatic carbocycles. The summed E-state index contributed by atoms with van der Waals surface area (Å²) >= 11 is 0. The van der Waals surface area contributed by atoms with Crippen molar-refractivity contribution in [2.45, 2.75) is 13.0 Å². The number of nitrogens with zero attached hydrogens (tertiary/aromatic N) is 2. The number of rotatable bonds is 5. The van der Waals surface area contributed by atoms with Crippen LogP contribution in [0.4, 0.5) is 4.39 Å². The third-order valence-electron chi connectivity index (χ3n) is 4.71. The first kappa shape index (κ1) is 17.6. The van der Waals surface area contributed by atoms with Gasteiger partial charge in [-0.3, -0.25) is 14.5 Å². The zero-order valence-corrected chi connectivity index (χ0v) is 14.2. The van der Waals surface area contributed by atoms with Crippen LogP contribution in [0.2, 0.25) is 0 Å². The normalized spacial score (nSPS) is 21.9. The lowest BCUT2D eigenvalue weighted by Gasteiger charge is -2.32. The van der Waals surface area contributed by atoms with Crippen LogP contribution in [-0.4, -0.2) is 65.9 Å². The predicted octanol–water partition coefficient (Wildman–Crippen LogP) is 1.02. The van der Waals surface area contributed by atoms with Gasteiger partial charge in [-0.15, -0.1) is 0 Å². The Kier molecular flexibility index (Phi) is 5.15. The number of halogens is 1. The molecule has 7 heteroatoms. The van der Waals surface area contributed by atoms with Gasteiger partial charge in [0.25, 0.3) is 5.91 Å². The van der Waals surface area contributed by atoms with Crippen molar-refractivity contribution in [3.05, 3.63) is 47.0 Å². The Balaban J connectivity index is 1.87. The summed E-state index contributed by atoms with van der Waals surface area (Å²) in [4.78, 5) is 28.2. The molecule has 2 N–H and O–H groups in total. The van der Waals surface area contributed by atoms with Crippen molar-refractivity contribution in [1.29, 1.82) is 0 Å². The molecule has 0 aliphatic carbocycles. The van der Waals surface area contributed by atoms with E-state index >= 15 is 0 Å². The number of Topliss-reactive ketones (excluding diaryl/α,β-unsaturated/α-hetero) is 1. The van der Waals surface area contributed by atoms with Crippen molar-refractivity contribution in [2.75, 3.05) is 39.3 Å². The average molecular weight is 347 g/mol. The molecule has 3 rings (SSSR count). The second-order valence-electron chi connectivity index (χ2n) is 6.37. The lowest BCUT2D eigenvalue weighted by Crippen LogP contribution is -2.47. The summed E-state index contributed by atoms with van der Waals surface area (Å²) in [5, 5.41) is 13.5. The van der Waals surface area contributed by atoms with Crippen molar-refractivity contribution in [3.63, 3.8) is 0 Å². The zero-order valence-electron chi connectivity index (χ0n) is 14.2. The number of aliphatic hydroxyl groups is 1. The molecule has 0 radical (unpaired) electrons. The fourth-order valence-corrected chi connectivity index (χ4v) is 3.45. The third kappa shape index (κ3) is 3.57. The molecule has 1 atom stereocenters. The van der Waals surface area contributed by atoms with E-state index in [1.807, 2.05) is 0 Å². The maximum absolute atomic E-state index is 13.7. The van der Waals surface area contributed by atoms with Crippen LogP contribution in [0.1, 0.15) is 18.5 Å². The molecule has 2 heterocycles. The van der Waals surface area contributed by atoms with E-state index in [-0.39, 0.29) is 11.4 Å². The molecule has 0 aromatic heterocycles. The lowest BCUT2D eigenvalue weighted by atomic mass is 9.96. The van der Waals surface area contributed by atoms with Gasteiger partial charge in [0.2, 0.25) is 0 Å². The fourth-order valence-electron chi connectivity index (χ4n) is 3.45. The molecule has 0 bridgehead atoms. The van der Waals surface area contributed by atoms with E-state index in [2.05, 4.69) is 10.2 Å². The van der Waals surface area contributed by atoms with E-state index in [0.717, 1.165) is 26.2 Å². The fraction of sp³-hybridized carbons (Fsp3) is 0.444. The highest BCUT2D eigenvalue weighted by Gasteiger charge is 2.42. The molecular weight excluding hydrogens is 325 g/mol. The summed E-state index contributed by atoms with van der Waals surface area (Å²) in [6.45, 7) is 5.85. The van der Waals surface area contributed by atoms with Crippen molar-refractivity contribution in [1.82, 2.24) is 15.1 Å². The molecule has 2 aliphatic heterocycles. The van der Waals surface area contributed by atoms with Gasteiger partial charge >= 0.3 is 0 Å². The van der Waals surface area contributed by atoms with Crippen molar-refractivity contribution in [3.8, 4) is 0 Å². The monoisotopic (exact) mass is 347 g/mol. The van der Waals surface area contributed by atoms with Crippen molar-refractivity contribution >= 4 is 11.7 Å². The maximum atomic E-state index is 13.7. The second-order valence-corrected chi connectivity index (χ2v) is 6.37. The van der Waals surface area contributed by atoms with Crippen LogP contribution >= 0.6 is 0 Å². The molecule has 1 aromatic rings. The Hall–Kier alpha value is -2.25. The predicted molar refractivity (Wildman–Crippen MR) is 90.5 cm³/mol. The number of hydrogen-bond acceptors (Lipinski definition) is 5. The molecule has 25 heavy (non-hydrogen) atoms. The highest BCUT2D eigenvalue weighted by atomic mass is 19.1. The van der Waals surface area contributed by atoms with Crippen LogP contribution in [-0.2, 0) is 9.59 Å². The van der Waals surface area contributed by atoms with Gasteiger partial charge in [0.05, 0.1) is 11.6 Å². The number of amides is 1. The van der Waals surface area contributed by atoms with Crippen LogP contribution in [0.5, 0.6) is 0 Å². The molecule has 1 unspecified atom stereocenters. The largest absolute Gasteiger partial charge is 0.503 e. The van der Waals surface area contributed by atoms with E-state index in [1.165, 1.54) is 30.0 Å². The molecule has 6 nitrogen and oxygen atoms in total. The number of hydrogen-bond donors (Lipinski definition) is 2. The first-order chi connectivity index (χ1) is 12.0. The van der Waals surface area contributed by atoms with Gasteiger partial charge in [0, 0.05) is 39.3 Å². The van der Waals surface area contributed by atoms with Gasteiger partial charge in [-0.1, -0.05) is 12.1 Å². The molecule has 1 saturated heterocycles. The summed E-state index contributed by atoms with van der Waals surface area (Å²) in [6.07, 6.45) is 0. The molecule has 0 spiro atoms. The van der Waals surface area contributed by atoms with Gasteiger partial charge < -0.3 is 15.3 Å². The van der Waals surface area contributed by atoms with Gasteiger partial charge in [0.15, 0.2) is 11.5 Å². The second kappa shape index (κ2) is 7.33. The Morgan fingerprint density at radius 3 is 2.68 bits per heavy atom. The minimum Gasteiger partial charge on any atom is -0.503 e. The highest BCUT2D eigenvalue weighted by molar-refractivity contribution is 6.08. The van der Waals surface area contributed by atoms with Crippen LogP contribution in [0.15, 0.2) is 35.6 Å². The molecule has 134 valence electrons. The standard InChI is InChI=1S/C18H22FN3O3/c1-12(23)15-16(13-3-2-4-14(19)11-13)22(18(25)17(15)24)10-9-21-7-5-20-6-8-21/h2-4,11,16,20,24H,5-10H2,1H3. The smallest absolute Gasteiger partial charge is 0.290 e. The Bertz CT molecular complexity index is 713. The Morgan fingerprint density at radius 1 is 1.32 bits per heavy atom. The molecule has 1 amide bonds. The van der Waals surface area contributed by atoms with Gasteiger partial charge in [-0.25, -0.2) is 4.39 Å². The van der Waals surface area contributed by atoms with E-state index in [1.54, 1.807) is 6.07 Å². The summed E-state index contributed by atoms with van der Waals surface area (Å²) < 4.78 is 13.7. The minimum absolute atomic E-state index is 0.0379. The van der Waals surface area contributed by atoms with Gasteiger partial charge in [0.1, 0.15) is 5.82 Å². The molecule has 2 aliphatic rings. The number of piperazine rings is 1. The number of ketones is 1. The van der Waals surface area contributed by atoms with E-state index in [9.17, 15) is 19.1 Å². The highest BCUT2D eigenvalue weighted by Crippen LogP contribution is 2.37. The van der Waals surface area contributed by atoms with Crippen molar-refractivity contribution in [2.24, 2.45) is 0 Å². The maximum Gasteiger partial charge on any atom is 0.290 e. The van der Waals surface area contributed by atoms with Crippen LogP contribution in [0.25, 0.3) is 0 Å². The quantitative estimate of drug-likeness (QED) is 0.832. The van der Waals surface area contributed by atoms with E-state index in [4.69, 9.17) is 0 Å². The number of aliphatic hydroxyl groups excluding tert-OH is 1. The van der Waals surface area contributed by atoms with Crippen LogP contribution in [0, 0.1) is 5.82 Å². The first-order valence-electron chi connectivity index (χ1n) is 8.42. The number of nitrogens with one attached hydrogen (secondary N) is 1. The summed E-state index contributed by atoms with van der Waals surface area (Å²) in [5.41, 5.74) is 0.527. The molecule has 1 fully saturated rings. The van der Waals surface area contributed by atoms with Crippen molar-refractivity contribution < 1.29 is 19.1 Å². The summed E-state index contributed by atoms with van der Waals surface area (Å²) in [7, 11) is 0. The SMILES string of the molecule is CC(=O)C1=C(O)C(=O)N(CCN2CCNCC2)C1c1cccc(F)c1. The minimum atomic E-state index is -0.747. The molecular formula is C18H22FN3O3. The topological polar surface area (TPSA) is 72.9 Å². The third-order valence-corrected chi connectivity index (χ3v) is 4.71. The number of carbonyl (C=O) groups is 2. The Labute approximate surface area is 145 Å². The van der Waals surface area contributed by atoms with Gasteiger partial charge in [-0.2, -0.15) is 0 Å².